The number of hydrogen-bond donors (Lipinski definition) is 1. The summed E-state index contributed by atoms with van der Waals surface area (Å²) in [6.45, 7) is -0.450. The first-order valence-corrected chi connectivity index (χ1v) is 9.18. The van der Waals surface area contributed by atoms with Crippen LogP contribution in [-0.2, 0) is 14.8 Å². The summed E-state index contributed by atoms with van der Waals surface area (Å²) in [6.07, 6.45) is 0.963. The maximum absolute atomic E-state index is 13.3. The van der Waals surface area contributed by atoms with E-state index in [1.54, 1.807) is 24.3 Å². The third-order valence-electron chi connectivity index (χ3n) is 2.89. The largest absolute Gasteiger partial charge is 0.324 e. The van der Waals surface area contributed by atoms with Gasteiger partial charge in [-0.1, -0.05) is 28.1 Å². The van der Waals surface area contributed by atoms with Crippen molar-refractivity contribution in [3.05, 3.63) is 58.8 Å². The van der Waals surface area contributed by atoms with Gasteiger partial charge in [0.15, 0.2) is 0 Å². The van der Waals surface area contributed by atoms with Crippen LogP contribution in [0.25, 0.3) is 0 Å². The average molecular weight is 401 g/mol. The van der Waals surface area contributed by atoms with Crippen molar-refractivity contribution in [3.8, 4) is 0 Å². The first-order chi connectivity index (χ1) is 10.8. The first kappa shape index (κ1) is 17.4. The molecule has 2 aromatic rings. The highest BCUT2D eigenvalue weighted by Gasteiger charge is 2.21. The van der Waals surface area contributed by atoms with E-state index < -0.39 is 28.3 Å². The van der Waals surface area contributed by atoms with Crippen LogP contribution >= 0.6 is 15.9 Å². The van der Waals surface area contributed by atoms with Gasteiger partial charge in [-0.05, 0) is 36.4 Å². The van der Waals surface area contributed by atoms with Crippen LogP contribution < -0.4 is 9.62 Å². The molecule has 0 saturated heterocycles. The van der Waals surface area contributed by atoms with Gasteiger partial charge in [-0.15, -0.1) is 0 Å². The molecule has 0 aliphatic rings. The van der Waals surface area contributed by atoms with Crippen LogP contribution in [-0.4, -0.2) is 27.1 Å². The van der Waals surface area contributed by atoms with Crippen LogP contribution in [0.4, 0.5) is 15.8 Å². The van der Waals surface area contributed by atoms with Crippen LogP contribution in [0.1, 0.15) is 0 Å². The number of sulfonamides is 1. The van der Waals surface area contributed by atoms with Gasteiger partial charge in [0, 0.05) is 10.2 Å². The zero-order valence-electron chi connectivity index (χ0n) is 12.2. The lowest BCUT2D eigenvalue weighted by atomic mass is 10.3. The van der Waals surface area contributed by atoms with Crippen LogP contribution in [0.15, 0.2) is 53.0 Å². The Labute approximate surface area is 142 Å². The topological polar surface area (TPSA) is 66.5 Å². The molecule has 23 heavy (non-hydrogen) atoms. The van der Waals surface area contributed by atoms with Gasteiger partial charge in [0.1, 0.15) is 12.4 Å². The molecule has 0 aliphatic carbocycles. The highest BCUT2D eigenvalue weighted by molar-refractivity contribution is 9.10. The number of hydrogen-bond acceptors (Lipinski definition) is 3. The summed E-state index contributed by atoms with van der Waals surface area (Å²) in [6, 6.07) is 12.0. The maximum Gasteiger partial charge on any atom is 0.245 e. The van der Waals surface area contributed by atoms with Crippen LogP contribution in [0.5, 0.6) is 0 Å². The van der Waals surface area contributed by atoms with E-state index in [-0.39, 0.29) is 5.69 Å². The highest BCUT2D eigenvalue weighted by Crippen LogP contribution is 2.19. The molecular weight excluding hydrogens is 387 g/mol. The normalized spacial score (nSPS) is 11.1. The molecule has 0 bridgehead atoms. The summed E-state index contributed by atoms with van der Waals surface area (Å²) in [4.78, 5) is 12.1. The molecule has 0 atom stereocenters. The summed E-state index contributed by atoms with van der Waals surface area (Å²) in [5.74, 6) is -1.11. The third kappa shape index (κ3) is 5.04. The summed E-state index contributed by atoms with van der Waals surface area (Å²) < 4.78 is 38.7. The number of nitrogens with zero attached hydrogens (tertiary/aromatic N) is 1. The Balaban J connectivity index is 2.20. The molecule has 8 heteroatoms. The quantitative estimate of drug-likeness (QED) is 0.838. The Kier molecular flexibility index (Phi) is 5.38. The lowest BCUT2D eigenvalue weighted by Gasteiger charge is -2.21. The van der Waals surface area contributed by atoms with E-state index in [1.165, 1.54) is 18.2 Å². The van der Waals surface area contributed by atoms with E-state index >= 15 is 0 Å². The van der Waals surface area contributed by atoms with Gasteiger partial charge in [0.2, 0.25) is 15.9 Å². The number of nitrogens with one attached hydrogen (secondary N) is 1. The highest BCUT2D eigenvalue weighted by atomic mass is 79.9. The minimum Gasteiger partial charge on any atom is -0.324 e. The predicted octanol–water partition coefficient (Wildman–Crippen LogP) is 2.99. The summed E-state index contributed by atoms with van der Waals surface area (Å²) in [7, 11) is -3.73. The fourth-order valence-corrected chi connectivity index (χ4v) is 3.18. The second kappa shape index (κ2) is 7.10. The van der Waals surface area contributed by atoms with Crippen molar-refractivity contribution < 1.29 is 17.6 Å². The number of halogens is 2. The maximum atomic E-state index is 13.3. The molecule has 2 rings (SSSR count). The molecule has 0 aliphatic heterocycles. The number of anilines is 2. The molecule has 1 amide bonds. The Morgan fingerprint density at radius 2 is 1.91 bits per heavy atom. The number of carbonyl (C=O) groups excluding carboxylic acids is 1. The van der Waals surface area contributed by atoms with Crippen LogP contribution in [0, 0.1) is 5.82 Å². The van der Waals surface area contributed by atoms with Crippen molar-refractivity contribution in [1.29, 1.82) is 0 Å². The molecule has 122 valence electrons. The summed E-state index contributed by atoms with van der Waals surface area (Å²) in [5.41, 5.74) is 0.619. The second-order valence-corrected chi connectivity index (χ2v) is 7.63. The zero-order chi connectivity index (χ0) is 17.0. The van der Waals surface area contributed by atoms with Gasteiger partial charge in [-0.2, -0.15) is 0 Å². The minimum absolute atomic E-state index is 0.0943. The van der Waals surface area contributed by atoms with E-state index in [1.807, 2.05) is 0 Å². The smallest absolute Gasteiger partial charge is 0.245 e. The van der Waals surface area contributed by atoms with Crippen molar-refractivity contribution in [2.75, 3.05) is 22.4 Å². The fourth-order valence-electron chi connectivity index (χ4n) is 1.93. The van der Waals surface area contributed by atoms with Gasteiger partial charge in [-0.3, -0.25) is 9.10 Å². The van der Waals surface area contributed by atoms with Gasteiger partial charge in [0.25, 0.3) is 0 Å². The lowest BCUT2D eigenvalue weighted by molar-refractivity contribution is -0.114. The molecule has 0 fully saturated rings. The molecule has 1 N–H and O–H groups in total. The van der Waals surface area contributed by atoms with Gasteiger partial charge in [0.05, 0.1) is 11.9 Å². The Hall–Kier alpha value is -1.93. The molecule has 0 unspecified atom stereocenters. The van der Waals surface area contributed by atoms with Gasteiger partial charge < -0.3 is 5.32 Å². The van der Waals surface area contributed by atoms with Crippen LogP contribution in [0.2, 0.25) is 0 Å². The molecular formula is C15H14BrFN2O3S. The fraction of sp³-hybridized carbons (Fsp3) is 0.133. The van der Waals surface area contributed by atoms with E-state index in [4.69, 9.17) is 0 Å². The molecule has 2 aromatic carbocycles. The van der Waals surface area contributed by atoms with Crippen molar-refractivity contribution in [2.45, 2.75) is 0 Å². The molecule has 0 radical (unpaired) electrons. The lowest BCUT2D eigenvalue weighted by Crippen LogP contribution is -2.37. The van der Waals surface area contributed by atoms with E-state index in [0.29, 0.717) is 5.69 Å². The molecule has 0 heterocycles. The van der Waals surface area contributed by atoms with Crippen LogP contribution in [0.3, 0.4) is 0 Å². The van der Waals surface area contributed by atoms with Gasteiger partial charge in [-0.25, -0.2) is 12.8 Å². The first-order valence-electron chi connectivity index (χ1n) is 6.54. The molecule has 0 spiro atoms. The van der Waals surface area contributed by atoms with Crippen molar-refractivity contribution >= 4 is 43.2 Å². The Morgan fingerprint density at radius 3 is 2.52 bits per heavy atom. The summed E-state index contributed by atoms with van der Waals surface area (Å²) in [5, 5.41) is 2.60. The average Bonchev–Trinajstić information content (AvgIpc) is 2.43. The molecule has 0 aromatic heterocycles. The third-order valence-corrected chi connectivity index (χ3v) is 4.53. The second-order valence-electron chi connectivity index (χ2n) is 4.81. The summed E-state index contributed by atoms with van der Waals surface area (Å²) >= 11 is 3.28. The van der Waals surface area contributed by atoms with E-state index in [9.17, 15) is 17.6 Å². The number of benzene rings is 2. The molecule has 0 saturated carbocycles. The Bertz CT molecular complexity index is 827. The number of rotatable bonds is 5. The predicted molar refractivity (Wildman–Crippen MR) is 91.4 cm³/mol. The monoisotopic (exact) mass is 400 g/mol. The van der Waals surface area contributed by atoms with E-state index in [0.717, 1.165) is 21.1 Å². The minimum atomic E-state index is -3.73. The molecule has 5 nitrogen and oxygen atoms in total. The van der Waals surface area contributed by atoms with Crippen molar-refractivity contribution in [3.63, 3.8) is 0 Å². The zero-order valence-corrected chi connectivity index (χ0v) is 14.6. The number of amides is 1. The Morgan fingerprint density at radius 1 is 1.22 bits per heavy atom. The van der Waals surface area contributed by atoms with Crippen molar-refractivity contribution in [2.24, 2.45) is 0 Å². The van der Waals surface area contributed by atoms with E-state index in [2.05, 4.69) is 21.2 Å². The standard InChI is InChI=1S/C15H14BrFN2O3S/c1-23(21,22)19(14-7-3-5-12(17)9-14)10-15(20)18-13-6-2-4-11(16)8-13/h2-9H,10H2,1H3,(H,18,20). The number of carbonyl (C=O) groups is 1. The van der Waals surface area contributed by atoms with Crippen molar-refractivity contribution in [1.82, 2.24) is 0 Å². The van der Waals surface area contributed by atoms with Gasteiger partial charge >= 0.3 is 0 Å². The SMILES string of the molecule is CS(=O)(=O)N(CC(=O)Nc1cccc(Br)c1)c1cccc(F)c1.